The number of hydrogen-bond acceptors (Lipinski definition) is 5. The SMILES string of the molecule is CCOc1cccc(/C(O)=C2\C(=O)C(=O)N(CCN(C)C)C2c2ccc(C)cc2)c1. The van der Waals surface area contributed by atoms with Crippen molar-refractivity contribution >= 4 is 17.4 Å². The quantitative estimate of drug-likeness (QED) is 0.432. The molecule has 1 fully saturated rings. The summed E-state index contributed by atoms with van der Waals surface area (Å²) in [6, 6.07) is 14.0. The molecule has 1 unspecified atom stereocenters. The number of nitrogens with zero attached hydrogens (tertiary/aromatic N) is 2. The Bertz CT molecular complexity index is 963. The van der Waals surface area contributed by atoms with Gasteiger partial charge in [-0.3, -0.25) is 9.59 Å². The highest BCUT2D eigenvalue weighted by molar-refractivity contribution is 6.46. The van der Waals surface area contributed by atoms with Gasteiger partial charge in [0.05, 0.1) is 18.2 Å². The summed E-state index contributed by atoms with van der Waals surface area (Å²) in [5.41, 5.74) is 2.43. The summed E-state index contributed by atoms with van der Waals surface area (Å²) >= 11 is 0. The van der Waals surface area contributed by atoms with E-state index in [2.05, 4.69) is 0 Å². The fraction of sp³-hybridized carbons (Fsp3) is 0.333. The number of likely N-dealkylation sites (N-methyl/N-ethyl adjacent to an activating group) is 1. The first-order chi connectivity index (χ1) is 14.3. The fourth-order valence-electron chi connectivity index (χ4n) is 3.57. The van der Waals surface area contributed by atoms with E-state index in [-0.39, 0.29) is 11.3 Å². The van der Waals surface area contributed by atoms with E-state index in [9.17, 15) is 14.7 Å². The van der Waals surface area contributed by atoms with Gasteiger partial charge in [0.15, 0.2) is 0 Å². The largest absolute Gasteiger partial charge is 0.507 e. The average Bonchev–Trinajstić information content (AvgIpc) is 2.97. The molecule has 30 heavy (non-hydrogen) atoms. The van der Waals surface area contributed by atoms with Crippen molar-refractivity contribution in [3.8, 4) is 5.75 Å². The Balaban J connectivity index is 2.12. The maximum Gasteiger partial charge on any atom is 0.295 e. The molecule has 2 aromatic rings. The van der Waals surface area contributed by atoms with Crippen molar-refractivity contribution in [3.05, 3.63) is 70.8 Å². The van der Waals surface area contributed by atoms with Crippen molar-refractivity contribution < 1.29 is 19.4 Å². The summed E-state index contributed by atoms with van der Waals surface area (Å²) in [6.45, 7) is 5.33. The molecule has 2 aromatic carbocycles. The van der Waals surface area contributed by atoms with Crippen LogP contribution in [0.5, 0.6) is 5.75 Å². The molecule has 1 aliphatic heterocycles. The summed E-state index contributed by atoms with van der Waals surface area (Å²) < 4.78 is 5.52. The van der Waals surface area contributed by atoms with Gasteiger partial charge in [0, 0.05) is 18.7 Å². The Morgan fingerprint density at radius 3 is 2.47 bits per heavy atom. The molecule has 3 rings (SSSR count). The number of ether oxygens (including phenoxy) is 1. The van der Waals surface area contributed by atoms with Gasteiger partial charge in [-0.05, 0) is 45.6 Å². The highest BCUT2D eigenvalue weighted by atomic mass is 16.5. The van der Waals surface area contributed by atoms with Crippen LogP contribution >= 0.6 is 0 Å². The lowest BCUT2D eigenvalue weighted by Crippen LogP contribution is -2.35. The number of amides is 1. The van der Waals surface area contributed by atoms with Gasteiger partial charge in [-0.1, -0.05) is 42.0 Å². The molecule has 1 aliphatic rings. The predicted octanol–water partition coefficient (Wildman–Crippen LogP) is 3.38. The second kappa shape index (κ2) is 9.13. The highest BCUT2D eigenvalue weighted by Gasteiger charge is 2.45. The van der Waals surface area contributed by atoms with Crippen LogP contribution in [0.2, 0.25) is 0 Å². The first-order valence-electron chi connectivity index (χ1n) is 10.1. The van der Waals surface area contributed by atoms with Gasteiger partial charge in [-0.15, -0.1) is 0 Å². The molecule has 0 spiro atoms. The minimum Gasteiger partial charge on any atom is -0.507 e. The molecule has 158 valence electrons. The van der Waals surface area contributed by atoms with Crippen molar-refractivity contribution in [2.45, 2.75) is 19.9 Å². The zero-order valence-corrected chi connectivity index (χ0v) is 17.9. The number of ketones is 1. The summed E-state index contributed by atoms with van der Waals surface area (Å²) in [4.78, 5) is 29.4. The molecule has 1 saturated heterocycles. The number of benzene rings is 2. The Morgan fingerprint density at radius 1 is 1.13 bits per heavy atom. The third kappa shape index (κ3) is 4.39. The monoisotopic (exact) mass is 408 g/mol. The Hall–Kier alpha value is -3.12. The predicted molar refractivity (Wildman–Crippen MR) is 116 cm³/mol. The molecule has 1 N–H and O–H groups in total. The topological polar surface area (TPSA) is 70.1 Å². The van der Waals surface area contributed by atoms with E-state index >= 15 is 0 Å². The molecular formula is C24H28N2O4. The third-order valence-corrected chi connectivity index (χ3v) is 5.14. The first kappa shape index (κ1) is 21.6. The van der Waals surface area contributed by atoms with E-state index in [0.29, 0.717) is 31.0 Å². The second-order valence-electron chi connectivity index (χ2n) is 7.67. The van der Waals surface area contributed by atoms with E-state index < -0.39 is 17.7 Å². The van der Waals surface area contributed by atoms with Crippen LogP contribution < -0.4 is 4.74 Å². The smallest absolute Gasteiger partial charge is 0.295 e. The molecular weight excluding hydrogens is 380 g/mol. The molecule has 6 nitrogen and oxygen atoms in total. The van der Waals surface area contributed by atoms with Gasteiger partial charge in [-0.25, -0.2) is 0 Å². The van der Waals surface area contributed by atoms with E-state index in [0.717, 1.165) is 11.1 Å². The molecule has 0 aliphatic carbocycles. The lowest BCUT2D eigenvalue weighted by molar-refractivity contribution is -0.140. The standard InChI is InChI=1S/C24H28N2O4/c1-5-30-19-8-6-7-18(15-19)22(27)20-21(17-11-9-16(2)10-12-17)26(14-13-25(3)4)24(29)23(20)28/h6-12,15,21,27H,5,13-14H2,1-4H3/b22-20+. The summed E-state index contributed by atoms with van der Waals surface area (Å²) in [5, 5.41) is 11.1. The van der Waals surface area contributed by atoms with Crippen molar-refractivity contribution in [2.24, 2.45) is 0 Å². The lowest BCUT2D eigenvalue weighted by atomic mass is 9.94. The fourth-order valence-corrected chi connectivity index (χ4v) is 3.57. The van der Waals surface area contributed by atoms with E-state index in [1.165, 1.54) is 0 Å². The summed E-state index contributed by atoms with van der Waals surface area (Å²) in [6.07, 6.45) is 0. The number of rotatable bonds is 7. The van der Waals surface area contributed by atoms with E-state index in [1.807, 2.05) is 57.1 Å². The number of carbonyl (C=O) groups excluding carboxylic acids is 2. The number of aliphatic hydroxyl groups excluding tert-OH is 1. The first-order valence-corrected chi connectivity index (χ1v) is 10.1. The van der Waals surface area contributed by atoms with Crippen LogP contribution in [0.1, 0.15) is 29.7 Å². The number of aryl methyl sites for hydroxylation is 1. The number of Topliss-reactive ketones (excluding diaryl/α,β-unsaturated/α-hetero) is 1. The Labute approximate surface area is 177 Å². The normalized spacial score (nSPS) is 18.3. The van der Waals surface area contributed by atoms with Gasteiger partial charge in [0.25, 0.3) is 11.7 Å². The number of likely N-dealkylation sites (tertiary alicyclic amines) is 1. The molecule has 1 atom stereocenters. The maximum atomic E-state index is 13.0. The zero-order chi connectivity index (χ0) is 21.8. The van der Waals surface area contributed by atoms with Gasteiger partial charge in [-0.2, -0.15) is 0 Å². The zero-order valence-electron chi connectivity index (χ0n) is 17.9. The van der Waals surface area contributed by atoms with Gasteiger partial charge >= 0.3 is 0 Å². The highest BCUT2D eigenvalue weighted by Crippen LogP contribution is 2.39. The van der Waals surface area contributed by atoms with E-state index in [4.69, 9.17) is 4.74 Å². The number of carbonyl (C=O) groups is 2. The van der Waals surface area contributed by atoms with Crippen molar-refractivity contribution in [1.29, 1.82) is 0 Å². The third-order valence-electron chi connectivity index (χ3n) is 5.14. The lowest BCUT2D eigenvalue weighted by Gasteiger charge is -2.26. The van der Waals surface area contributed by atoms with Crippen LogP contribution in [-0.4, -0.2) is 60.4 Å². The molecule has 1 heterocycles. The molecule has 0 radical (unpaired) electrons. The number of hydrogen-bond donors (Lipinski definition) is 1. The van der Waals surface area contributed by atoms with Gasteiger partial charge < -0.3 is 19.6 Å². The average molecular weight is 408 g/mol. The Morgan fingerprint density at radius 2 is 1.83 bits per heavy atom. The minimum absolute atomic E-state index is 0.108. The van der Waals surface area contributed by atoms with Gasteiger partial charge in [0.1, 0.15) is 11.5 Å². The van der Waals surface area contributed by atoms with Crippen LogP contribution in [-0.2, 0) is 9.59 Å². The molecule has 0 aromatic heterocycles. The van der Waals surface area contributed by atoms with Gasteiger partial charge in [0.2, 0.25) is 0 Å². The van der Waals surface area contributed by atoms with Crippen LogP contribution in [0.3, 0.4) is 0 Å². The van der Waals surface area contributed by atoms with Crippen LogP contribution in [0.25, 0.3) is 5.76 Å². The van der Waals surface area contributed by atoms with Crippen molar-refractivity contribution in [2.75, 3.05) is 33.8 Å². The molecule has 0 bridgehead atoms. The summed E-state index contributed by atoms with van der Waals surface area (Å²) in [7, 11) is 3.83. The maximum absolute atomic E-state index is 13.0. The van der Waals surface area contributed by atoms with Crippen LogP contribution in [0.4, 0.5) is 0 Å². The minimum atomic E-state index is -0.668. The van der Waals surface area contributed by atoms with E-state index in [1.54, 1.807) is 29.2 Å². The van der Waals surface area contributed by atoms with Crippen LogP contribution in [0, 0.1) is 6.92 Å². The van der Waals surface area contributed by atoms with Crippen LogP contribution in [0.15, 0.2) is 54.1 Å². The Kier molecular flexibility index (Phi) is 6.57. The van der Waals surface area contributed by atoms with Crippen molar-refractivity contribution in [1.82, 2.24) is 9.80 Å². The molecule has 0 saturated carbocycles. The van der Waals surface area contributed by atoms with Crippen molar-refractivity contribution in [3.63, 3.8) is 0 Å². The summed E-state index contributed by atoms with van der Waals surface area (Å²) in [5.74, 6) is -0.855. The number of aliphatic hydroxyl groups is 1. The molecule has 6 heteroatoms. The molecule has 1 amide bonds. The second-order valence-corrected chi connectivity index (χ2v) is 7.67.